The Labute approximate surface area is 626 Å². The average molecular weight is 1530 g/mol. The zero-order chi connectivity index (χ0) is 78.3. The van der Waals surface area contributed by atoms with Gasteiger partial charge in [0.2, 0.25) is 0 Å². The summed E-state index contributed by atoms with van der Waals surface area (Å²) < 4.78 is 47.4. The highest BCUT2D eigenvalue weighted by atomic mass is 19.1. The first-order valence-corrected chi connectivity index (χ1v) is 34.2. The number of fused-ring (bicyclic) bond motifs is 4. The van der Waals surface area contributed by atoms with Gasteiger partial charge in [-0.2, -0.15) is 0 Å². The predicted octanol–water partition coefficient (Wildman–Crippen LogP) is -0.811. The number of anilines is 4. The number of amides is 4. The summed E-state index contributed by atoms with van der Waals surface area (Å²) in [4.78, 5) is 91.3. The zero-order valence-corrected chi connectivity index (χ0v) is 58.4. The molecular formula is C71H75FN22O17. The second-order valence-electron chi connectivity index (χ2n) is 25.6. The van der Waals surface area contributed by atoms with Crippen LogP contribution in [0, 0.1) is 5.82 Å². The first kappa shape index (κ1) is 76.7. The number of imidazole rings is 4. The second kappa shape index (κ2) is 33.6. The average Bonchev–Trinajstić information content (AvgIpc) is 1.63. The highest BCUT2D eigenvalue weighted by Crippen LogP contribution is 2.37. The van der Waals surface area contributed by atoms with Crippen LogP contribution in [0.4, 0.5) is 27.3 Å². The van der Waals surface area contributed by atoms with Crippen molar-refractivity contribution in [3.8, 4) is 5.75 Å². The number of aromatic nitrogens is 14. The van der Waals surface area contributed by atoms with Crippen molar-refractivity contribution in [2.24, 2.45) is 0 Å². The van der Waals surface area contributed by atoms with E-state index in [4.69, 9.17) is 46.6 Å². The fourth-order valence-electron chi connectivity index (χ4n) is 13.1. The molecule has 4 aliphatic rings. The Bertz CT molecular complexity index is 5110. The summed E-state index contributed by atoms with van der Waals surface area (Å²) in [5.74, 6) is -1.47. The van der Waals surface area contributed by atoms with Crippen molar-refractivity contribution < 1.29 is 88.1 Å². The monoisotopic (exact) mass is 1530 g/mol. The molecule has 0 bridgehead atoms. The molecule has 0 saturated carbocycles. The van der Waals surface area contributed by atoms with Gasteiger partial charge in [0.25, 0.3) is 23.6 Å². The molecule has 4 fully saturated rings. The minimum absolute atomic E-state index is 0.200. The number of pyridine rings is 4. The van der Waals surface area contributed by atoms with E-state index in [1.165, 1.54) is 89.4 Å². The lowest BCUT2D eigenvalue weighted by atomic mass is 10.1. The van der Waals surface area contributed by atoms with Crippen molar-refractivity contribution >= 4 is 91.2 Å². The SMILES string of the molecule is COc1cccc(C(=O)NC2[C@@H](CO)O[C@@H](n3cnc4c(N)ccnc43)[C@H]2O)c1.Nc1ccnc2c1ncn2[C@@H]1O[C@H](CO)C(NC(=O)c2ccc(F)cc2)[C@@H]1O.Nc1ccnc2c1ncn2[C@@H]1O[C@H](CO)C(NC(=O)c2ccccc2)[C@@H]1O.Nc1ncnc2c1ncn2[C@@H]1O[C@H](CO)C(NC(=O)c2cccnc2)[C@@H]1O. The van der Waals surface area contributed by atoms with E-state index in [9.17, 15) is 64.4 Å². The summed E-state index contributed by atoms with van der Waals surface area (Å²) in [7, 11) is 1.51. The molecule has 12 aromatic rings. The number of halogens is 1. The van der Waals surface area contributed by atoms with Gasteiger partial charge in [-0.05, 0) is 84.9 Å². The Kier molecular flexibility index (Phi) is 23.2. The molecule has 20 N–H and O–H groups in total. The number of hydrogen-bond donors (Lipinski definition) is 16. The van der Waals surface area contributed by atoms with Crippen LogP contribution in [-0.2, 0) is 18.9 Å². The number of ether oxygens (including phenoxy) is 5. The highest BCUT2D eigenvalue weighted by molar-refractivity contribution is 5.96. The summed E-state index contributed by atoms with van der Waals surface area (Å²) >= 11 is 0. The number of nitrogens with zero attached hydrogens (tertiary/aromatic N) is 14. The van der Waals surface area contributed by atoms with Gasteiger partial charge in [-0.3, -0.25) is 42.4 Å². The molecule has 0 radical (unpaired) electrons. The largest absolute Gasteiger partial charge is 0.497 e. The fraction of sp³-hybridized carbons (Fsp3) is 0.296. The van der Waals surface area contributed by atoms with E-state index in [0.717, 1.165) is 12.1 Å². The van der Waals surface area contributed by atoms with E-state index in [1.54, 1.807) is 95.7 Å². The fourth-order valence-corrected chi connectivity index (χ4v) is 13.1. The van der Waals surface area contributed by atoms with Crippen molar-refractivity contribution in [3.63, 3.8) is 0 Å². The van der Waals surface area contributed by atoms with E-state index >= 15 is 0 Å². The van der Waals surface area contributed by atoms with E-state index < -0.39 is 141 Å². The van der Waals surface area contributed by atoms with Crippen LogP contribution in [0.15, 0.2) is 172 Å². The number of carbonyl (C=O) groups excluding carboxylic acids is 4. The maximum absolute atomic E-state index is 13.0. The van der Waals surface area contributed by atoms with Crippen molar-refractivity contribution in [2.75, 3.05) is 56.5 Å². The molecule has 111 heavy (non-hydrogen) atoms. The number of nitrogens with one attached hydrogen (secondary N) is 4. The first-order valence-electron chi connectivity index (χ1n) is 34.2. The third-order valence-corrected chi connectivity index (χ3v) is 18.8. The molecule has 4 saturated heterocycles. The van der Waals surface area contributed by atoms with Gasteiger partial charge in [0.15, 0.2) is 53.3 Å². The molecule has 4 unspecified atom stereocenters. The van der Waals surface area contributed by atoms with E-state index in [-0.39, 0.29) is 23.9 Å². The highest BCUT2D eigenvalue weighted by Gasteiger charge is 2.50. The van der Waals surface area contributed by atoms with Gasteiger partial charge in [-0.1, -0.05) is 24.3 Å². The Balaban J connectivity index is 0.000000130. The topological polar surface area (TPSA) is 577 Å². The van der Waals surface area contributed by atoms with Gasteiger partial charge in [-0.25, -0.2) is 49.2 Å². The van der Waals surface area contributed by atoms with Crippen LogP contribution in [0.3, 0.4) is 0 Å². The maximum atomic E-state index is 13.0. The molecule has 13 heterocycles. The summed E-state index contributed by atoms with van der Waals surface area (Å²) in [6.07, 6.45) is 3.08. The zero-order valence-electron chi connectivity index (χ0n) is 58.4. The number of aliphatic hydroxyl groups excluding tert-OH is 8. The van der Waals surface area contributed by atoms with Crippen LogP contribution < -0.4 is 48.9 Å². The third kappa shape index (κ3) is 15.8. The molecule has 4 amide bonds. The third-order valence-electron chi connectivity index (χ3n) is 18.8. The standard InChI is InChI=1S/C19H21N5O5.C18H18FN5O4.C18H19N5O4.C16H17N7O4/c1-28-11-4-2-3-10(7-11)18(27)23-15-13(8-25)29-19(16(15)26)24-9-22-14-12(20)5-6-21-17(14)24;19-10-3-1-9(2-4-10)17(27)23-14-12(7-25)28-18(15(14)26)24-8-22-13-11(20)5-6-21-16(13)24;19-11-6-7-20-16-13(11)21-9-23(16)18-15(25)14(12(8-24)27-18)22-17(26)10-4-2-1-3-5-10;17-13-11-14(20-6-19-13)23(7-21-11)16-12(25)10(9(5-24)27-16)22-15(26)8-2-1-3-18-4-8/h2-7,9,13,15-16,19,25-26H,8H2,1H3,(H2,20,21)(H,23,27);1-6,8,12,14-15,18,25-26H,7H2,(H2,20,21)(H,23,27);1-7,9,12,14-15,18,24-25H,8H2,(H2,19,20)(H,22,26);1-4,6-7,9-10,12,16,24-25H,5H2,(H,22,26)(H2,17,19,20)/t13-,15?,16+,19-;2*12-,14?,15+,18-;9-,10?,12+,16-/m1111/s1. The molecule has 578 valence electrons. The summed E-state index contributed by atoms with van der Waals surface area (Å²) in [6.45, 7) is -1.58. The Morgan fingerprint density at radius 2 is 0.784 bits per heavy atom. The minimum Gasteiger partial charge on any atom is -0.497 e. The van der Waals surface area contributed by atoms with Gasteiger partial charge in [0.1, 0.15) is 88.8 Å². The van der Waals surface area contributed by atoms with E-state index in [0.29, 0.717) is 84.2 Å². The first-order chi connectivity index (χ1) is 53.7. The molecule has 39 nitrogen and oxygen atoms in total. The van der Waals surface area contributed by atoms with Crippen LogP contribution in [0.1, 0.15) is 66.3 Å². The lowest BCUT2D eigenvalue weighted by Crippen LogP contribution is -2.48. The molecule has 40 heteroatoms. The Morgan fingerprint density at radius 1 is 0.423 bits per heavy atom. The number of rotatable bonds is 17. The number of hydrogen-bond acceptors (Lipinski definition) is 31. The summed E-state index contributed by atoms with van der Waals surface area (Å²) in [5, 5.41) is 92.7. The van der Waals surface area contributed by atoms with Gasteiger partial charge in [0, 0.05) is 47.7 Å². The normalized spacial score (nSPS) is 24.6. The van der Waals surface area contributed by atoms with Crippen LogP contribution >= 0.6 is 0 Å². The van der Waals surface area contributed by atoms with Crippen LogP contribution in [0.25, 0.3) is 44.7 Å². The number of benzene rings is 3. The lowest BCUT2D eigenvalue weighted by Gasteiger charge is -2.21. The number of nitrogens with two attached hydrogens (primary N) is 4. The number of nitrogen functional groups attached to an aromatic ring is 4. The molecule has 0 aliphatic carbocycles. The van der Waals surface area contributed by atoms with E-state index in [2.05, 4.69) is 71.1 Å². The van der Waals surface area contributed by atoms with Crippen molar-refractivity contribution in [1.29, 1.82) is 0 Å². The number of aliphatic hydroxyl groups is 8. The van der Waals surface area contributed by atoms with Crippen molar-refractivity contribution in [3.05, 3.63) is 200 Å². The van der Waals surface area contributed by atoms with Crippen LogP contribution in [-0.4, -0.2) is 239 Å². The number of carbonyl (C=O) groups is 4. The molecule has 16 atom stereocenters. The maximum Gasteiger partial charge on any atom is 0.253 e. The Morgan fingerprint density at radius 3 is 1.17 bits per heavy atom. The Hall–Kier alpha value is -12.5. The van der Waals surface area contributed by atoms with Crippen molar-refractivity contribution in [2.45, 2.75) is 97.9 Å². The molecule has 3 aromatic carbocycles. The van der Waals surface area contributed by atoms with Gasteiger partial charge in [-0.15, -0.1) is 0 Å². The predicted molar refractivity (Wildman–Crippen MR) is 389 cm³/mol. The van der Waals surface area contributed by atoms with Crippen LogP contribution in [0.2, 0.25) is 0 Å². The lowest BCUT2D eigenvalue weighted by molar-refractivity contribution is -0.0489. The van der Waals surface area contributed by atoms with E-state index in [1.807, 2.05) is 0 Å². The molecule has 16 rings (SSSR count). The molecule has 0 spiro atoms. The van der Waals surface area contributed by atoms with Gasteiger partial charge in [0.05, 0.1) is 106 Å². The number of methoxy groups -OCH3 is 1. The summed E-state index contributed by atoms with van der Waals surface area (Å²) in [5.41, 5.74) is 29.6. The molecule has 4 aliphatic heterocycles. The molecule has 9 aromatic heterocycles. The van der Waals surface area contributed by atoms with Crippen LogP contribution in [0.5, 0.6) is 5.75 Å². The molecular weight excluding hydrogens is 1450 g/mol. The van der Waals surface area contributed by atoms with Crippen molar-refractivity contribution in [1.82, 2.24) is 89.4 Å². The smallest absolute Gasteiger partial charge is 0.253 e. The van der Waals surface area contributed by atoms with Gasteiger partial charge < -0.3 is 109 Å². The quantitative estimate of drug-likeness (QED) is 0.0530. The van der Waals surface area contributed by atoms with Gasteiger partial charge >= 0.3 is 0 Å². The minimum atomic E-state index is -1.19. The second-order valence-corrected chi connectivity index (χ2v) is 25.6. The summed E-state index contributed by atoms with van der Waals surface area (Å²) in [6, 6.07) is 24.9.